The van der Waals surface area contributed by atoms with E-state index in [1.54, 1.807) is 0 Å². The van der Waals surface area contributed by atoms with Crippen LogP contribution in [-0.2, 0) is 4.79 Å². The summed E-state index contributed by atoms with van der Waals surface area (Å²) in [5, 5.41) is 20.6. The molecule has 0 atom stereocenters. The van der Waals surface area contributed by atoms with Gasteiger partial charge in [0.2, 0.25) is 0 Å². The number of hydrogen-bond donors (Lipinski definition) is 3. The normalized spacial score (nSPS) is 17.6. The molecule has 1 aliphatic rings. The molecule has 3 N–H and O–H groups in total. The first-order valence-electron chi connectivity index (χ1n) is 4.43. The van der Waals surface area contributed by atoms with E-state index in [-0.39, 0.29) is 16.4 Å². The fraction of sp³-hybridized carbons (Fsp3) is 0. The zero-order valence-corrected chi connectivity index (χ0v) is 10.6. The number of phenolic OH excluding ortho intramolecular Hbond substituents is 2. The van der Waals surface area contributed by atoms with Gasteiger partial charge in [0.1, 0.15) is 11.5 Å². The molecule has 0 bridgehead atoms. The van der Waals surface area contributed by atoms with Crippen molar-refractivity contribution in [2.24, 2.45) is 0 Å². The van der Waals surface area contributed by atoms with E-state index in [2.05, 4.69) is 21.2 Å². The van der Waals surface area contributed by atoms with Gasteiger partial charge in [0.05, 0.1) is 9.38 Å². The first kappa shape index (κ1) is 12.0. The molecule has 0 radical (unpaired) electrons. The summed E-state index contributed by atoms with van der Waals surface area (Å²) in [6.45, 7) is 0. The number of thioether (sulfide) groups is 1. The molecule has 1 saturated heterocycles. The molecule has 0 unspecified atom stereocenters. The van der Waals surface area contributed by atoms with E-state index in [4.69, 9.17) is 0 Å². The van der Waals surface area contributed by atoms with Gasteiger partial charge in [0.15, 0.2) is 0 Å². The van der Waals surface area contributed by atoms with Crippen LogP contribution in [0, 0.1) is 0 Å². The van der Waals surface area contributed by atoms with Crippen molar-refractivity contribution in [3.05, 3.63) is 27.1 Å². The van der Waals surface area contributed by atoms with E-state index in [0.29, 0.717) is 10.0 Å². The predicted molar refractivity (Wildman–Crippen MR) is 66.6 cm³/mol. The van der Waals surface area contributed by atoms with Crippen molar-refractivity contribution in [3.8, 4) is 11.5 Å². The van der Waals surface area contributed by atoms with Crippen LogP contribution >= 0.6 is 27.7 Å². The van der Waals surface area contributed by atoms with Crippen LogP contribution in [0.4, 0.5) is 4.79 Å². The van der Waals surface area contributed by atoms with Crippen LogP contribution in [-0.4, -0.2) is 21.4 Å². The molecule has 1 heterocycles. The minimum absolute atomic E-state index is 0.107. The minimum atomic E-state index is -0.497. The van der Waals surface area contributed by atoms with E-state index in [0.717, 1.165) is 17.8 Å². The molecule has 1 aliphatic heterocycles. The van der Waals surface area contributed by atoms with Gasteiger partial charge < -0.3 is 10.2 Å². The summed E-state index contributed by atoms with van der Waals surface area (Å²) in [6.07, 6.45) is 1.38. The predicted octanol–water partition coefficient (Wildman–Crippen LogP) is 2.18. The summed E-state index contributed by atoms with van der Waals surface area (Å²) in [5.41, 5.74) is 0.335. The number of rotatable bonds is 1. The lowest BCUT2D eigenvalue weighted by molar-refractivity contribution is -0.115. The molecular weight excluding hydrogens is 310 g/mol. The second-order valence-electron chi connectivity index (χ2n) is 3.21. The number of amides is 2. The highest BCUT2D eigenvalue weighted by Gasteiger charge is 2.25. The van der Waals surface area contributed by atoms with Gasteiger partial charge in [-0.2, -0.15) is 0 Å². The number of halogens is 1. The smallest absolute Gasteiger partial charge is 0.290 e. The number of phenols is 2. The second-order valence-corrected chi connectivity index (χ2v) is 5.08. The Morgan fingerprint density at radius 3 is 2.53 bits per heavy atom. The van der Waals surface area contributed by atoms with E-state index in [9.17, 15) is 19.8 Å². The van der Waals surface area contributed by atoms with Crippen molar-refractivity contribution in [2.45, 2.75) is 0 Å². The Morgan fingerprint density at radius 1 is 1.24 bits per heavy atom. The molecule has 2 rings (SSSR count). The summed E-state index contributed by atoms with van der Waals surface area (Å²) < 4.78 is 0.386. The molecule has 88 valence electrons. The first-order valence-corrected chi connectivity index (χ1v) is 6.04. The van der Waals surface area contributed by atoms with Crippen LogP contribution in [0.1, 0.15) is 5.56 Å². The quantitative estimate of drug-likeness (QED) is 0.691. The average Bonchev–Trinajstić information content (AvgIpc) is 2.54. The monoisotopic (exact) mass is 315 g/mol. The van der Waals surface area contributed by atoms with E-state index in [1.807, 2.05) is 0 Å². The first-order chi connectivity index (χ1) is 7.97. The average molecular weight is 316 g/mol. The number of hydrogen-bond acceptors (Lipinski definition) is 5. The van der Waals surface area contributed by atoms with Crippen molar-refractivity contribution in [1.29, 1.82) is 0 Å². The topological polar surface area (TPSA) is 86.6 Å². The third-order valence-corrected chi connectivity index (χ3v) is 3.47. The number of carbonyl (C=O) groups is 2. The van der Waals surface area contributed by atoms with Gasteiger partial charge in [0, 0.05) is 11.6 Å². The van der Waals surface area contributed by atoms with Crippen LogP contribution < -0.4 is 5.32 Å². The van der Waals surface area contributed by atoms with Crippen LogP contribution in [0.25, 0.3) is 6.08 Å². The number of carbonyl (C=O) groups excluding carboxylic acids is 2. The van der Waals surface area contributed by atoms with Crippen molar-refractivity contribution < 1.29 is 19.8 Å². The summed E-state index contributed by atoms with van der Waals surface area (Å²) in [6, 6.07) is 2.60. The van der Waals surface area contributed by atoms with Gasteiger partial charge in [-0.15, -0.1) is 0 Å². The molecule has 0 aliphatic carbocycles. The molecular formula is C10H6BrNO4S. The highest BCUT2D eigenvalue weighted by atomic mass is 79.9. The van der Waals surface area contributed by atoms with E-state index >= 15 is 0 Å². The van der Waals surface area contributed by atoms with Crippen molar-refractivity contribution in [3.63, 3.8) is 0 Å². The summed E-state index contributed by atoms with van der Waals surface area (Å²) >= 11 is 3.85. The van der Waals surface area contributed by atoms with Crippen LogP contribution in [0.3, 0.4) is 0 Å². The van der Waals surface area contributed by atoms with Crippen LogP contribution in [0.15, 0.2) is 21.5 Å². The maximum atomic E-state index is 11.3. The summed E-state index contributed by atoms with van der Waals surface area (Å²) in [4.78, 5) is 22.4. The number of aromatic hydroxyl groups is 2. The maximum Gasteiger partial charge on any atom is 0.290 e. The SMILES string of the molecule is O=C1NC(=O)/C(=C\c2cc(Br)c(O)cc2O)S1. The molecule has 17 heavy (non-hydrogen) atoms. The molecule has 1 aromatic carbocycles. The third-order valence-electron chi connectivity index (χ3n) is 2.02. The molecule has 1 aromatic rings. The zero-order chi connectivity index (χ0) is 12.6. The standard InChI is InChI=1S/C10H6BrNO4S/c11-5-1-4(6(13)3-7(5)14)2-8-9(15)12-10(16)17-8/h1-3,13-14H,(H,12,15,16)/b8-2+. The number of benzene rings is 1. The fourth-order valence-electron chi connectivity index (χ4n) is 1.24. The van der Waals surface area contributed by atoms with Crippen molar-refractivity contribution in [1.82, 2.24) is 5.32 Å². The Kier molecular flexibility index (Phi) is 3.12. The Bertz CT molecular complexity index is 555. The summed E-state index contributed by atoms with van der Waals surface area (Å²) in [7, 11) is 0. The molecule has 0 saturated carbocycles. The van der Waals surface area contributed by atoms with E-state index < -0.39 is 11.1 Å². The Labute approximate surface area is 109 Å². The Balaban J connectivity index is 2.42. The molecule has 5 nitrogen and oxygen atoms in total. The Morgan fingerprint density at radius 2 is 1.94 bits per heavy atom. The van der Waals surface area contributed by atoms with Crippen LogP contribution in [0.5, 0.6) is 11.5 Å². The van der Waals surface area contributed by atoms with Crippen molar-refractivity contribution >= 4 is 44.9 Å². The Hall–Kier alpha value is -1.47. The second kappa shape index (κ2) is 4.42. The van der Waals surface area contributed by atoms with Gasteiger partial charge in [-0.05, 0) is 39.8 Å². The van der Waals surface area contributed by atoms with Gasteiger partial charge in [-0.1, -0.05) is 0 Å². The molecule has 0 spiro atoms. The highest BCUT2D eigenvalue weighted by molar-refractivity contribution is 9.10. The zero-order valence-electron chi connectivity index (χ0n) is 8.23. The van der Waals surface area contributed by atoms with Crippen molar-refractivity contribution in [2.75, 3.05) is 0 Å². The lowest BCUT2D eigenvalue weighted by Crippen LogP contribution is -2.17. The minimum Gasteiger partial charge on any atom is -0.507 e. The molecule has 2 amide bonds. The molecule has 7 heteroatoms. The van der Waals surface area contributed by atoms with Gasteiger partial charge >= 0.3 is 0 Å². The fourth-order valence-corrected chi connectivity index (χ4v) is 2.28. The lowest BCUT2D eigenvalue weighted by atomic mass is 10.1. The molecule has 1 fully saturated rings. The summed E-state index contributed by atoms with van der Waals surface area (Å²) in [5.74, 6) is -0.779. The van der Waals surface area contributed by atoms with Crippen LogP contribution in [0.2, 0.25) is 0 Å². The highest BCUT2D eigenvalue weighted by Crippen LogP contribution is 2.34. The number of imide groups is 1. The third kappa shape index (κ3) is 2.45. The largest absolute Gasteiger partial charge is 0.507 e. The van der Waals surface area contributed by atoms with E-state index in [1.165, 1.54) is 12.1 Å². The van der Waals surface area contributed by atoms with Gasteiger partial charge in [-0.3, -0.25) is 14.9 Å². The van der Waals surface area contributed by atoms with Gasteiger partial charge in [0.25, 0.3) is 11.1 Å². The van der Waals surface area contributed by atoms with Gasteiger partial charge in [-0.25, -0.2) is 0 Å². The number of nitrogens with one attached hydrogen (secondary N) is 1. The lowest BCUT2D eigenvalue weighted by Gasteiger charge is -2.03. The molecule has 0 aromatic heterocycles. The maximum absolute atomic E-state index is 11.3.